The number of hydrogen-bond acceptors (Lipinski definition) is 1. The Morgan fingerprint density at radius 1 is 1.64 bits per heavy atom. The van der Waals surface area contributed by atoms with E-state index in [0.717, 1.165) is 19.4 Å². The number of carbonyl (C=O) groups is 1. The van der Waals surface area contributed by atoms with Crippen LogP contribution in [0.4, 0.5) is 0 Å². The monoisotopic (exact) mass is 155 g/mol. The summed E-state index contributed by atoms with van der Waals surface area (Å²) in [7, 11) is 0. The molecule has 0 aromatic heterocycles. The van der Waals surface area contributed by atoms with E-state index in [2.05, 4.69) is 11.9 Å². The van der Waals surface area contributed by atoms with Gasteiger partial charge in [-0.3, -0.25) is 4.79 Å². The Kier molecular flexibility index (Phi) is 5.53. The van der Waals surface area contributed by atoms with Gasteiger partial charge in [-0.25, -0.2) is 0 Å². The van der Waals surface area contributed by atoms with Gasteiger partial charge in [-0.1, -0.05) is 19.9 Å². The molecule has 0 aliphatic carbocycles. The number of carbonyl (C=O) groups excluding carboxylic acids is 1. The normalized spacial score (nSPS) is 12.2. The smallest absolute Gasteiger partial charge is 0.226 e. The number of nitrogens with one attached hydrogen (secondary N) is 1. The third-order valence-electron chi connectivity index (χ3n) is 1.61. The van der Waals surface area contributed by atoms with Crippen molar-refractivity contribution in [1.82, 2.24) is 5.32 Å². The van der Waals surface area contributed by atoms with Crippen LogP contribution in [0.25, 0.3) is 0 Å². The molecule has 0 aromatic carbocycles. The lowest BCUT2D eigenvalue weighted by Crippen LogP contribution is -2.29. The molecule has 0 aromatic rings. The maximum absolute atomic E-state index is 11.2. The predicted molar refractivity (Wildman–Crippen MR) is 47.3 cm³/mol. The SMILES string of the molecule is C=CC(CC)C(=O)NCCC. The zero-order chi connectivity index (χ0) is 8.69. The van der Waals surface area contributed by atoms with Crippen molar-refractivity contribution in [3.05, 3.63) is 12.7 Å². The molecule has 1 unspecified atom stereocenters. The lowest BCUT2D eigenvalue weighted by Gasteiger charge is -2.08. The Hall–Kier alpha value is -0.790. The molecule has 0 rings (SSSR count). The summed E-state index contributed by atoms with van der Waals surface area (Å²) in [5, 5.41) is 2.82. The van der Waals surface area contributed by atoms with Crippen molar-refractivity contribution in [3.63, 3.8) is 0 Å². The van der Waals surface area contributed by atoms with Gasteiger partial charge in [-0.05, 0) is 12.8 Å². The molecular weight excluding hydrogens is 138 g/mol. The molecule has 2 heteroatoms. The van der Waals surface area contributed by atoms with Crippen LogP contribution < -0.4 is 5.32 Å². The first kappa shape index (κ1) is 10.2. The molecular formula is C9H17NO. The highest BCUT2D eigenvalue weighted by Crippen LogP contribution is 2.02. The Morgan fingerprint density at radius 2 is 2.27 bits per heavy atom. The number of amides is 1. The van der Waals surface area contributed by atoms with E-state index in [1.165, 1.54) is 0 Å². The highest BCUT2D eigenvalue weighted by atomic mass is 16.1. The lowest BCUT2D eigenvalue weighted by atomic mass is 10.1. The van der Waals surface area contributed by atoms with Gasteiger partial charge >= 0.3 is 0 Å². The van der Waals surface area contributed by atoms with Crippen LogP contribution in [0.2, 0.25) is 0 Å². The van der Waals surface area contributed by atoms with Crippen molar-refractivity contribution in [2.75, 3.05) is 6.54 Å². The van der Waals surface area contributed by atoms with Crippen molar-refractivity contribution in [3.8, 4) is 0 Å². The topological polar surface area (TPSA) is 29.1 Å². The quantitative estimate of drug-likeness (QED) is 0.602. The Balaban J connectivity index is 3.69. The molecule has 0 aliphatic rings. The molecule has 0 heterocycles. The molecule has 1 amide bonds. The largest absolute Gasteiger partial charge is 0.356 e. The minimum Gasteiger partial charge on any atom is -0.356 e. The highest BCUT2D eigenvalue weighted by molar-refractivity contribution is 5.80. The van der Waals surface area contributed by atoms with Crippen LogP contribution in [0.5, 0.6) is 0 Å². The van der Waals surface area contributed by atoms with E-state index in [1.807, 2.05) is 13.8 Å². The van der Waals surface area contributed by atoms with Crippen LogP contribution in [-0.4, -0.2) is 12.5 Å². The average Bonchev–Trinajstić information content (AvgIpc) is 2.03. The van der Waals surface area contributed by atoms with Gasteiger partial charge in [0.15, 0.2) is 0 Å². The van der Waals surface area contributed by atoms with Crippen LogP contribution in [0, 0.1) is 5.92 Å². The van der Waals surface area contributed by atoms with E-state index in [-0.39, 0.29) is 11.8 Å². The third kappa shape index (κ3) is 3.81. The molecule has 0 saturated carbocycles. The van der Waals surface area contributed by atoms with E-state index < -0.39 is 0 Å². The second kappa shape index (κ2) is 5.96. The average molecular weight is 155 g/mol. The number of rotatable bonds is 5. The van der Waals surface area contributed by atoms with Gasteiger partial charge in [0.25, 0.3) is 0 Å². The first-order chi connectivity index (χ1) is 5.26. The molecule has 0 saturated heterocycles. The van der Waals surface area contributed by atoms with Gasteiger partial charge in [-0.2, -0.15) is 0 Å². The zero-order valence-electron chi connectivity index (χ0n) is 7.39. The van der Waals surface area contributed by atoms with E-state index in [9.17, 15) is 4.79 Å². The van der Waals surface area contributed by atoms with Gasteiger partial charge in [0.05, 0.1) is 5.92 Å². The maximum Gasteiger partial charge on any atom is 0.226 e. The van der Waals surface area contributed by atoms with Crippen molar-refractivity contribution in [2.24, 2.45) is 5.92 Å². The van der Waals surface area contributed by atoms with Gasteiger partial charge in [-0.15, -0.1) is 6.58 Å². The summed E-state index contributed by atoms with van der Waals surface area (Å²) in [6.07, 6.45) is 3.52. The van der Waals surface area contributed by atoms with Gasteiger partial charge in [0.2, 0.25) is 5.91 Å². The van der Waals surface area contributed by atoms with E-state index in [1.54, 1.807) is 6.08 Å². The molecule has 0 radical (unpaired) electrons. The van der Waals surface area contributed by atoms with Crippen LogP contribution in [-0.2, 0) is 4.79 Å². The summed E-state index contributed by atoms with van der Waals surface area (Å²) in [4.78, 5) is 11.2. The van der Waals surface area contributed by atoms with Crippen molar-refractivity contribution in [1.29, 1.82) is 0 Å². The van der Waals surface area contributed by atoms with Crippen molar-refractivity contribution in [2.45, 2.75) is 26.7 Å². The molecule has 0 spiro atoms. The molecule has 0 fully saturated rings. The van der Waals surface area contributed by atoms with Crippen molar-refractivity contribution < 1.29 is 4.79 Å². The molecule has 0 bridgehead atoms. The molecule has 1 atom stereocenters. The fourth-order valence-corrected chi connectivity index (χ4v) is 0.838. The van der Waals surface area contributed by atoms with Crippen LogP contribution >= 0.6 is 0 Å². The predicted octanol–water partition coefficient (Wildman–Crippen LogP) is 1.72. The summed E-state index contributed by atoms with van der Waals surface area (Å²) >= 11 is 0. The minimum absolute atomic E-state index is 0.0125. The summed E-state index contributed by atoms with van der Waals surface area (Å²) in [6, 6.07) is 0. The zero-order valence-corrected chi connectivity index (χ0v) is 7.39. The molecule has 1 N–H and O–H groups in total. The second-order valence-corrected chi connectivity index (χ2v) is 2.54. The summed E-state index contributed by atoms with van der Waals surface area (Å²) in [5.41, 5.74) is 0. The van der Waals surface area contributed by atoms with Crippen molar-refractivity contribution >= 4 is 5.91 Å². The van der Waals surface area contributed by atoms with Crippen LogP contribution in [0.3, 0.4) is 0 Å². The van der Waals surface area contributed by atoms with Gasteiger partial charge in [0, 0.05) is 6.54 Å². The Labute approximate surface area is 68.7 Å². The first-order valence-corrected chi connectivity index (χ1v) is 4.16. The van der Waals surface area contributed by atoms with Gasteiger partial charge in [0.1, 0.15) is 0 Å². The molecule has 2 nitrogen and oxygen atoms in total. The van der Waals surface area contributed by atoms with E-state index in [0.29, 0.717) is 0 Å². The molecule has 11 heavy (non-hydrogen) atoms. The standard InChI is InChI=1S/C9H17NO/c1-4-7-10-9(11)8(5-2)6-3/h5,8H,2,4,6-7H2,1,3H3,(H,10,11). The Bertz CT molecular complexity index is 132. The summed E-state index contributed by atoms with van der Waals surface area (Å²) < 4.78 is 0. The maximum atomic E-state index is 11.2. The van der Waals surface area contributed by atoms with E-state index in [4.69, 9.17) is 0 Å². The summed E-state index contributed by atoms with van der Waals surface area (Å²) in [5.74, 6) is 0.0888. The van der Waals surface area contributed by atoms with Gasteiger partial charge < -0.3 is 5.32 Å². The molecule has 0 aliphatic heterocycles. The number of hydrogen-bond donors (Lipinski definition) is 1. The lowest BCUT2D eigenvalue weighted by molar-refractivity contribution is -0.123. The fraction of sp³-hybridized carbons (Fsp3) is 0.667. The fourth-order valence-electron chi connectivity index (χ4n) is 0.838. The highest BCUT2D eigenvalue weighted by Gasteiger charge is 2.10. The minimum atomic E-state index is -0.0125. The van der Waals surface area contributed by atoms with Crippen LogP contribution in [0.15, 0.2) is 12.7 Å². The van der Waals surface area contributed by atoms with E-state index >= 15 is 0 Å². The Morgan fingerprint density at radius 3 is 2.64 bits per heavy atom. The van der Waals surface area contributed by atoms with Crippen LogP contribution in [0.1, 0.15) is 26.7 Å². The third-order valence-corrected chi connectivity index (χ3v) is 1.61. The first-order valence-electron chi connectivity index (χ1n) is 4.16. The summed E-state index contributed by atoms with van der Waals surface area (Å²) in [6.45, 7) is 8.39. The second-order valence-electron chi connectivity index (χ2n) is 2.54. The molecule has 64 valence electrons.